The van der Waals surface area contributed by atoms with Crippen molar-refractivity contribution < 1.29 is 4.74 Å². The summed E-state index contributed by atoms with van der Waals surface area (Å²) in [7, 11) is 0. The fourth-order valence-electron chi connectivity index (χ4n) is 1.43. The molecule has 16 heavy (non-hydrogen) atoms. The van der Waals surface area contributed by atoms with Gasteiger partial charge in [0.15, 0.2) is 0 Å². The van der Waals surface area contributed by atoms with Crippen molar-refractivity contribution in [1.82, 2.24) is 4.98 Å². The first-order chi connectivity index (χ1) is 7.79. The van der Waals surface area contributed by atoms with Gasteiger partial charge < -0.3 is 4.74 Å². The second-order valence-electron chi connectivity index (χ2n) is 3.51. The van der Waals surface area contributed by atoms with E-state index >= 15 is 0 Å². The Labute approximate surface area is 103 Å². The average Bonchev–Trinajstić information content (AvgIpc) is 2.31. The van der Waals surface area contributed by atoms with Gasteiger partial charge in [0.05, 0.1) is 6.20 Å². The second kappa shape index (κ2) is 5.12. The van der Waals surface area contributed by atoms with Crippen LogP contribution in [-0.4, -0.2) is 4.98 Å². The van der Waals surface area contributed by atoms with Gasteiger partial charge in [-0.15, -0.1) is 0 Å². The Morgan fingerprint density at radius 2 is 2.12 bits per heavy atom. The van der Waals surface area contributed by atoms with E-state index in [0.717, 1.165) is 16.8 Å². The van der Waals surface area contributed by atoms with Gasteiger partial charge in [0.1, 0.15) is 11.5 Å². The molecule has 0 aliphatic heterocycles. The molecule has 0 radical (unpaired) electrons. The SMILES string of the molecule is Cc1cc(Oc2cccnc2)ccc1CBr. The topological polar surface area (TPSA) is 22.1 Å². The molecule has 0 fully saturated rings. The van der Waals surface area contributed by atoms with Gasteiger partial charge in [-0.1, -0.05) is 22.0 Å². The first kappa shape index (κ1) is 11.1. The molecule has 0 atom stereocenters. The summed E-state index contributed by atoms with van der Waals surface area (Å²) in [4.78, 5) is 4.00. The van der Waals surface area contributed by atoms with Crippen LogP contribution < -0.4 is 4.74 Å². The van der Waals surface area contributed by atoms with Gasteiger partial charge in [0.2, 0.25) is 0 Å². The summed E-state index contributed by atoms with van der Waals surface area (Å²) in [5, 5.41) is 0.867. The van der Waals surface area contributed by atoms with Gasteiger partial charge in [0, 0.05) is 11.5 Å². The van der Waals surface area contributed by atoms with Crippen LogP contribution in [0.3, 0.4) is 0 Å². The third kappa shape index (κ3) is 2.61. The largest absolute Gasteiger partial charge is 0.456 e. The van der Waals surface area contributed by atoms with E-state index in [9.17, 15) is 0 Å². The number of benzene rings is 1. The summed E-state index contributed by atoms with van der Waals surface area (Å²) in [5.41, 5.74) is 2.50. The molecule has 1 aromatic carbocycles. The minimum Gasteiger partial charge on any atom is -0.456 e. The van der Waals surface area contributed by atoms with Crippen molar-refractivity contribution in [3.05, 3.63) is 53.9 Å². The van der Waals surface area contributed by atoms with E-state index in [4.69, 9.17) is 4.74 Å². The lowest BCUT2D eigenvalue weighted by Gasteiger charge is -2.07. The van der Waals surface area contributed by atoms with Crippen LogP contribution in [0.25, 0.3) is 0 Å². The number of aromatic nitrogens is 1. The molecule has 0 aliphatic rings. The van der Waals surface area contributed by atoms with E-state index in [-0.39, 0.29) is 0 Å². The van der Waals surface area contributed by atoms with Gasteiger partial charge in [-0.3, -0.25) is 4.98 Å². The minimum absolute atomic E-state index is 0.758. The molecule has 1 aromatic heterocycles. The fourth-order valence-corrected chi connectivity index (χ4v) is 2.05. The smallest absolute Gasteiger partial charge is 0.145 e. The molecule has 1 heterocycles. The third-order valence-electron chi connectivity index (χ3n) is 2.33. The quantitative estimate of drug-likeness (QED) is 0.789. The highest BCUT2D eigenvalue weighted by Crippen LogP contribution is 2.23. The number of hydrogen-bond donors (Lipinski definition) is 0. The van der Waals surface area contributed by atoms with E-state index in [2.05, 4.69) is 33.9 Å². The number of pyridine rings is 1. The Kier molecular flexibility index (Phi) is 3.57. The van der Waals surface area contributed by atoms with Gasteiger partial charge in [0.25, 0.3) is 0 Å². The molecule has 2 nitrogen and oxygen atoms in total. The summed E-state index contributed by atoms with van der Waals surface area (Å²) in [5.74, 6) is 1.60. The number of hydrogen-bond acceptors (Lipinski definition) is 2. The molecule has 3 heteroatoms. The van der Waals surface area contributed by atoms with Crippen LogP contribution in [0.2, 0.25) is 0 Å². The Bertz CT molecular complexity index is 471. The molecule has 0 aliphatic carbocycles. The first-order valence-corrected chi connectivity index (χ1v) is 6.15. The number of nitrogens with zero attached hydrogens (tertiary/aromatic N) is 1. The Balaban J connectivity index is 2.20. The minimum atomic E-state index is 0.758. The highest BCUT2D eigenvalue weighted by atomic mass is 79.9. The van der Waals surface area contributed by atoms with Crippen molar-refractivity contribution in [3.8, 4) is 11.5 Å². The van der Waals surface area contributed by atoms with E-state index in [0.29, 0.717) is 0 Å². The Morgan fingerprint density at radius 3 is 2.75 bits per heavy atom. The summed E-state index contributed by atoms with van der Waals surface area (Å²) in [6, 6.07) is 9.81. The zero-order valence-electron chi connectivity index (χ0n) is 8.98. The van der Waals surface area contributed by atoms with Crippen LogP contribution in [-0.2, 0) is 5.33 Å². The zero-order valence-corrected chi connectivity index (χ0v) is 10.6. The lowest BCUT2D eigenvalue weighted by molar-refractivity contribution is 0.479. The first-order valence-electron chi connectivity index (χ1n) is 5.03. The molecule has 0 bridgehead atoms. The maximum absolute atomic E-state index is 5.68. The number of ether oxygens (including phenoxy) is 1. The molecule has 0 N–H and O–H groups in total. The van der Waals surface area contributed by atoms with Crippen LogP contribution in [0, 0.1) is 6.92 Å². The normalized spacial score (nSPS) is 10.1. The van der Waals surface area contributed by atoms with E-state index in [1.807, 2.05) is 24.3 Å². The number of alkyl halides is 1. The summed E-state index contributed by atoms with van der Waals surface area (Å²) >= 11 is 3.45. The Hall–Kier alpha value is -1.35. The van der Waals surface area contributed by atoms with Crippen molar-refractivity contribution in [2.45, 2.75) is 12.3 Å². The van der Waals surface area contributed by atoms with Crippen molar-refractivity contribution in [2.24, 2.45) is 0 Å². The molecular weight excluding hydrogens is 266 g/mol. The molecule has 0 spiro atoms. The summed E-state index contributed by atoms with van der Waals surface area (Å²) in [6.07, 6.45) is 3.43. The van der Waals surface area contributed by atoms with Crippen molar-refractivity contribution in [1.29, 1.82) is 0 Å². The summed E-state index contributed by atoms with van der Waals surface area (Å²) < 4.78 is 5.68. The molecular formula is C13H12BrNO. The predicted molar refractivity (Wildman–Crippen MR) is 68.1 cm³/mol. The monoisotopic (exact) mass is 277 g/mol. The average molecular weight is 278 g/mol. The highest BCUT2D eigenvalue weighted by molar-refractivity contribution is 9.08. The van der Waals surface area contributed by atoms with Gasteiger partial charge in [-0.25, -0.2) is 0 Å². The van der Waals surface area contributed by atoms with Crippen LogP contribution in [0.15, 0.2) is 42.7 Å². The molecule has 0 saturated heterocycles. The van der Waals surface area contributed by atoms with Gasteiger partial charge >= 0.3 is 0 Å². The van der Waals surface area contributed by atoms with Crippen LogP contribution in [0.4, 0.5) is 0 Å². The summed E-state index contributed by atoms with van der Waals surface area (Å²) in [6.45, 7) is 2.08. The molecule has 0 saturated carbocycles. The maximum atomic E-state index is 5.68. The molecule has 82 valence electrons. The molecule has 2 aromatic rings. The van der Waals surface area contributed by atoms with E-state index in [1.54, 1.807) is 12.4 Å². The van der Waals surface area contributed by atoms with Crippen LogP contribution >= 0.6 is 15.9 Å². The van der Waals surface area contributed by atoms with Crippen LogP contribution in [0.1, 0.15) is 11.1 Å². The number of halogens is 1. The highest BCUT2D eigenvalue weighted by Gasteiger charge is 2.00. The van der Waals surface area contributed by atoms with Crippen molar-refractivity contribution in [3.63, 3.8) is 0 Å². The van der Waals surface area contributed by atoms with Crippen molar-refractivity contribution >= 4 is 15.9 Å². The number of rotatable bonds is 3. The zero-order chi connectivity index (χ0) is 11.4. The lowest BCUT2D eigenvalue weighted by Crippen LogP contribution is -1.88. The third-order valence-corrected chi connectivity index (χ3v) is 2.93. The van der Waals surface area contributed by atoms with Crippen molar-refractivity contribution in [2.75, 3.05) is 0 Å². The maximum Gasteiger partial charge on any atom is 0.145 e. The van der Waals surface area contributed by atoms with Gasteiger partial charge in [-0.05, 0) is 42.3 Å². The fraction of sp³-hybridized carbons (Fsp3) is 0.154. The van der Waals surface area contributed by atoms with Gasteiger partial charge in [-0.2, -0.15) is 0 Å². The Morgan fingerprint density at radius 1 is 1.25 bits per heavy atom. The lowest BCUT2D eigenvalue weighted by atomic mass is 10.1. The molecule has 0 amide bonds. The van der Waals surface area contributed by atoms with Crippen LogP contribution in [0.5, 0.6) is 11.5 Å². The second-order valence-corrected chi connectivity index (χ2v) is 4.07. The van der Waals surface area contributed by atoms with E-state index in [1.165, 1.54) is 11.1 Å². The molecule has 0 unspecified atom stereocenters. The standard InChI is InChI=1S/C13H12BrNO/c1-10-7-12(5-4-11(10)8-14)16-13-3-2-6-15-9-13/h2-7,9H,8H2,1H3. The van der Waals surface area contributed by atoms with E-state index < -0.39 is 0 Å². The predicted octanol–water partition coefficient (Wildman–Crippen LogP) is 4.08. The molecule has 2 rings (SSSR count). The number of aryl methyl sites for hydroxylation is 1.